The van der Waals surface area contributed by atoms with Gasteiger partial charge in [0.05, 0.1) is 25.0 Å². The molecular formula is C35H63NO5Si2. The molecule has 43 heavy (non-hydrogen) atoms. The second-order valence-electron chi connectivity index (χ2n) is 16.0. The van der Waals surface area contributed by atoms with Crippen molar-refractivity contribution in [2.45, 2.75) is 161 Å². The third-order valence-corrected chi connectivity index (χ3v) is 24.5. The molecule has 0 aliphatic heterocycles. The Morgan fingerprint density at radius 1 is 0.814 bits per heavy atom. The first-order chi connectivity index (χ1) is 19.8. The van der Waals surface area contributed by atoms with Gasteiger partial charge in [0.1, 0.15) is 16.4 Å². The van der Waals surface area contributed by atoms with Crippen molar-refractivity contribution in [2.75, 3.05) is 14.2 Å². The normalized spacial score (nSPS) is 31.0. The minimum absolute atomic E-state index is 0.0104. The number of nitriles is 1. The van der Waals surface area contributed by atoms with Crippen molar-refractivity contribution in [1.82, 2.24) is 0 Å². The van der Waals surface area contributed by atoms with Crippen LogP contribution in [0.3, 0.4) is 0 Å². The number of methoxy groups -OCH3 is 2. The van der Waals surface area contributed by atoms with E-state index in [2.05, 4.69) is 103 Å². The summed E-state index contributed by atoms with van der Waals surface area (Å²) in [5, 5.41) is 11.4. The summed E-state index contributed by atoms with van der Waals surface area (Å²) >= 11 is 0. The molecule has 4 bridgehead atoms. The Hall–Kier alpha value is -1.15. The van der Waals surface area contributed by atoms with Crippen LogP contribution < -0.4 is 0 Å². The largest absolute Gasteiger partial charge is 0.545 e. The van der Waals surface area contributed by atoms with Gasteiger partial charge in [-0.3, -0.25) is 4.79 Å². The van der Waals surface area contributed by atoms with E-state index in [1.165, 1.54) is 7.11 Å². The zero-order chi connectivity index (χ0) is 33.1. The highest BCUT2D eigenvalue weighted by molar-refractivity contribution is 6.78. The Balaban J connectivity index is 2.42. The fourth-order valence-electron chi connectivity index (χ4n) is 11.2. The summed E-state index contributed by atoms with van der Waals surface area (Å²) in [5.41, 5.74) is -0.000184. The van der Waals surface area contributed by atoms with E-state index < -0.39 is 33.1 Å². The van der Waals surface area contributed by atoms with E-state index in [-0.39, 0.29) is 23.9 Å². The van der Waals surface area contributed by atoms with E-state index in [0.717, 1.165) is 11.3 Å². The van der Waals surface area contributed by atoms with Gasteiger partial charge in [-0.2, -0.15) is 5.26 Å². The summed E-state index contributed by atoms with van der Waals surface area (Å²) in [5.74, 6) is 0.368. The van der Waals surface area contributed by atoms with Gasteiger partial charge in [-0.15, -0.1) is 0 Å². The molecule has 5 unspecified atom stereocenters. The van der Waals surface area contributed by atoms with E-state index in [9.17, 15) is 10.1 Å². The first-order valence-electron chi connectivity index (χ1n) is 17.0. The maximum atomic E-state index is 14.3. The highest BCUT2D eigenvalue weighted by Crippen LogP contribution is 2.79. The van der Waals surface area contributed by atoms with Crippen molar-refractivity contribution in [3.8, 4) is 6.07 Å². The number of carbonyl (C=O) groups is 1. The molecule has 3 aliphatic carbocycles. The van der Waals surface area contributed by atoms with Crippen molar-refractivity contribution >= 4 is 22.6 Å². The van der Waals surface area contributed by atoms with E-state index >= 15 is 0 Å². The van der Waals surface area contributed by atoms with Gasteiger partial charge in [-0.1, -0.05) is 96.9 Å². The van der Waals surface area contributed by atoms with Crippen LogP contribution in [0.2, 0.25) is 33.2 Å². The fourth-order valence-corrected chi connectivity index (χ4v) is 22.1. The Kier molecular flexibility index (Phi) is 10.3. The van der Waals surface area contributed by atoms with Crippen LogP contribution in [0.1, 0.15) is 116 Å². The number of esters is 1. The first-order valence-corrected chi connectivity index (χ1v) is 21.3. The predicted molar refractivity (Wildman–Crippen MR) is 179 cm³/mol. The summed E-state index contributed by atoms with van der Waals surface area (Å²) in [4.78, 5) is 14.3. The summed E-state index contributed by atoms with van der Waals surface area (Å²) in [6.07, 6.45) is 1.33. The number of ether oxygens (including phenoxy) is 2. The highest BCUT2D eigenvalue weighted by Gasteiger charge is 2.87. The third-order valence-electron chi connectivity index (χ3n) is 12.4. The Morgan fingerprint density at radius 3 is 1.63 bits per heavy atom. The number of nitrogens with zero attached hydrogens (tertiary/aromatic N) is 1. The second-order valence-corrected chi connectivity index (χ2v) is 26.8. The molecule has 0 amide bonds. The molecule has 2 fully saturated rings. The van der Waals surface area contributed by atoms with Gasteiger partial charge >= 0.3 is 5.97 Å². The molecule has 3 rings (SSSR count). The number of hydrogen-bond acceptors (Lipinski definition) is 6. The Labute approximate surface area is 265 Å². The van der Waals surface area contributed by atoms with Gasteiger partial charge in [0.15, 0.2) is 0 Å². The zero-order valence-corrected chi connectivity index (χ0v) is 32.3. The highest BCUT2D eigenvalue weighted by atomic mass is 28.4. The van der Waals surface area contributed by atoms with Crippen LogP contribution in [0.5, 0.6) is 0 Å². The van der Waals surface area contributed by atoms with Gasteiger partial charge in [0.2, 0.25) is 8.32 Å². The topological polar surface area (TPSA) is 77.8 Å². The van der Waals surface area contributed by atoms with E-state index in [0.29, 0.717) is 52.5 Å². The molecule has 5 atom stereocenters. The van der Waals surface area contributed by atoms with Crippen LogP contribution in [0.4, 0.5) is 0 Å². The standard InChI is InChI=1S/C35H63NO5Si2/c1-21(2)30-31(41-43(25(9)10,26(11)12)27(13)14)28-19-33(20-36)29(40-42(22(3)4,23(5)6)24(7)8)17-18-34(28,32(37)38-15)35(30,33)39-16/h21-29H,17-19H2,1-16H3. The number of carbonyl (C=O) groups excluding carboxylic acids is 1. The smallest absolute Gasteiger partial charge is 0.315 e. The minimum atomic E-state index is -2.39. The van der Waals surface area contributed by atoms with Crippen molar-refractivity contribution in [3.05, 3.63) is 11.3 Å². The van der Waals surface area contributed by atoms with Crippen molar-refractivity contribution in [2.24, 2.45) is 22.7 Å². The first kappa shape index (κ1) is 36.3. The lowest BCUT2D eigenvalue weighted by atomic mass is 9.53. The lowest BCUT2D eigenvalue weighted by Crippen LogP contribution is -2.68. The van der Waals surface area contributed by atoms with Gasteiger partial charge in [-0.25, -0.2) is 0 Å². The molecule has 0 aromatic rings. The van der Waals surface area contributed by atoms with Crippen LogP contribution in [0.25, 0.3) is 0 Å². The fraction of sp³-hybridized carbons (Fsp3) is 0.886. The molecule has 0 radical (unpaired) electrons. The average molecular weight is 634 g/mol. The molecule has 8 heteroatoms. The number of allylic oxidation sites excluding steroid dienone is 1. The summed E-state index contributed by atoms with van der Waals surface area (Å²) < 4.78 is 27.6. The summed E-state index contributed by atoms with van der Waals surface area (Å²) in [6.45, 7) is 31.9. The maximum Gasteiger partial charge on any atom is 0.315 e. The molecule has 0 heterocycles. The molecule has 246 valence electrons. The number of rotatable bonds is 13. The van der Waals surface area contributed by atoms with Crippen LogP contribution in [-0.2, 0) is 23.1 Å². The molecule has 0 aromatic carbocycles. The van der Waals surface area contributed by atoms with Crippen molar-refractivity contribution in [3.63, 3.8) is 0 Å². The van der Waals surface area contributed by atoms with Gasteiger partial charge in [0, 0.05) is 18.6 Å². The van der Waals surface area contributed by atoms with E-state index in [1.54, 1.807) is 7.11 Å². The lowest BCUT2D eigenvalue weighted by molar-refractivity contribution is -0.199. The van der Waals surface area contributed by atoms with Gasteiger partial charge in [0.25, 0.3) is 8.32 Å². The van der Waals surface area contributed by atoms with Gasteiger partial charge < -0.3 is 18.3 Å². The molecule has 6 nitrogen and oxygen atoms in total. The van der Waals surface area contributed by atoms with E-state index in [1.807, 2.05) is 0 Å². The Bertz CT molecular complexity index is 1080. The second kappa shape index (κ2) is 12.2. The van der Waals surface area contributed by atoms with Gasteiger partial charge in [-0.05, 0) is 58.4 Å². The average Bonchev–Trinajstić information content (AvgIpc) is 3.24. The molecule has 0 spiro atoms. The van der Waals surface area contributed by atoms with Crippen LogP contribution >= 0.6 is 0 Å². The molecular weight excluding hydrogens is 571 g/mol. The van der Waals surface area contributed by atoms with E-state index in [4.69, 9.17) is 18.3 Å². The lowest BCUT2D eigenvalue weighted by Gasteiger charge is -2.58. The molecule has 0 N–H and O–H groups in total. The monoisotopic (exact) mass is 633 g/mol. The SMILES string of the molecule is COC(=O)C12CCC(O[Si](C(C)C)(C(C)C)C(C)C)C3(C#N)CC1C(O[Si](C(C)C)(C(C)C)C(C)C)=C(C(C)C)C32OC. The molecule has 2 saturated carbocycles. The maximum absolute atomic E-state index is 14.3. The predicted octanol–water partition coefficient (Wildman–Crippen LogP) is 9.53. The van der Waals surface area contributed by atoms with Crippen molar-refractivity contribution in [1.29, 1.82) is 5.26 Å². The summed E-state index contributed by atoms with van der Waals surface area (Å²) in [7, 11) is -1.57. The number of hydrogen-bond donors (Lipinski definition) is 0. The Morgan fingerprint density at radius 2 is 1.28 bits per heavy atom. The van der Waals surface area contributed by atoms with Crippen molar-refractivity contribution < 1.29 is 23.1 Å². The molecule has 0 saturated heterocycles. The zero-order valence-electron chi connectivity index (χ0n) is 30.3. The molecule has 3 aliphatic rings. The van der Waals surface area contributed by atoms with Crippen LogP contribution in [0, 0.1) is 34.0 Å². The van der Waals surface area contributed by atoms with Crippen LogP contribution in [-0.4, -0.2) is 48.5 Å². The van der Waals surface area contributed by atoms with Crippen LogP contribution in [0.15, 0.2) is 11.3 Å². The third kappa shape index (κ3) is 4.44. The molecule has 0 aromatic heterocycles. The summed E-state index contributed by atoms with van der Waals surface area (Å²) in [6, 6.07) is 2.85. The quantitative estimate of drug-likeness (QED) is 0.148. The minimum Gasteiger partial charge on any atom is -0.545 e.